The van der Waals surface area contributed by atoms with Gasteiger partial charge in [0.2, 0.25) is 0 Å². The van der Waals surface area contributed by atoms with Gasteiger partial charge in [-0.2, -0.15) is 5.10 Å². The molecule has 0 radical (unpaired) electrons. The summed E-state index contributed by atoms with van der Waals surface area (Å²) in [4.78, 5) is 26.8. The molecule has 0 aliphatic carbocycles. The average Bonchev–Trinajstić information content (AvgIpc) is 2.79. The van der Waals surface area contributed by atoms with Gasteiger partial charge in [0.1, 0.15) is 29.3 Å². The Morgan fingerprint density at radius 3 is 2.71 bits per heavy atom. The zero-order chi connectivity index (χ0) is 17.9. The summed E-state index contributed by atoms with van der Waals surface area (Å²) in [5, 5.41) is 17.1. The quantitative estimate of drug-likeness (QED) is 0.255. The number of nitrogens with zero attached hydrogens (tertiary/aromatic N) is 3. The Labute approximate surface area is 135 Å². The van der Waals surface area contributed by atoms with E-state index in [0.717, 1.165) is 6.07 Å². The number of rotatable bonds is 5. The number of halogens is 1. The van der Waals surface area contributed by atoms with E-state index in [4.69, 9.17) is 10.6 Å². The maximum absolute atomic E-state index is 13.4. The Bertz CT molecular complexity index is 831. The van der Waals surface area contributed by atoms with Gasteiger partial charge in [-0.1, -0.05) is 17.3 Å². The fraction of sp³-hybridized carbons (Fsp3) is 0.214. The summed E-state index contributed by atoms with van der Waals surface area (Å²) in [5.74, 6) is -1.70. The Morgan fingerprint density at radius 2 is 2.12 bits per heavy atom. The predicted molar refractivity (Wildman–Crippen MR) is 80.3 cm³/mol. The fourth-order valence-electron chi connectivity index (χ4n) is 2.09. The molecule has 0 unspecified atom stereocenters. The first-order valence-electron chi connectivity index (χ1n) is 6.82. The molecule has 0 saturated carbocycles. The Kier molecular flexibility index (Phi) is 4.87. The van der Waals surface area contributed by atoms with Crippen LogP contribution >= 0.6 is 0 Å². The lowest BCUT2D eigenvalue weighted by Gasteiger charge is -2.00. The molecular weight excluding hydrogens is 321 g/mol. The van der Waals surface area contributed by atoms with Gasteiger partial charge in [-0.25, -0.2) is 9.18 Å². The number of nitrogens with two attached hydrogens (primary N) is 1. The van der Waals surface area contributed by atoms with Crippen molar-refractivity contribution in [1.82, 2.24) is 9.78 Å². The lowest BCUT2D eigenvalue weighted by atomic mass is 10.2. The monoisotopic (exact) mass is 336 g/mol. The van der Waals surface area contributed by atoms with Crippen LogP contribution in [0.5, 0.6) is 0 Å². The molecular formula is C14H15FN5O4+. The summed E-state index contributed by atoms with van der Waals surface area (Å²) in [5.41, 5.74) is 5.87. The van der Waals surface area contributed by atoms with Crippen LogP contribution in [0.1, 0.15) is 21.7 Å². The van der Waals surface area contributed by atoms with Crippen LogP contribution in [0, 0.1) is 29.8 Å². The number of aryl methyl sites for hydroxylation is 1. The lowest BCUT2D eigenvalue weighted by molar-refractivity contribution is -0.722. The summed E-state index contributed by atoms with van der Waals surface area (Å²) in [7, 11) is 0. The number of benzene rings is 1. The van der Waals surface area contributed by atoms with Crippen molar-refractivity contribution >= 4 is 17.5 Å². The van der Waals surface area contributed by atoms with Crippen LogP contribution in [0.3, 0.4) is 0 Å². The van der Waals surface area contributed by atoms with Crippen molar-refractivity contribution in [2.24, 2.45) is 5.73 Å². The largest absolute Gasteiger partial charge is 0.390 e. The number of hydrogen-bond acceptors (Lipinski definition) is 5. The van der Waals surface area contributed by atoms with Gasteiger partial charge in [-0.3, -0.25) is 25.4 Å². The van der Waals surface area contributed by atoms with Gasteiger partial charge in [0.25, 0.3) is 0 Å². The second kappa shape index (κ2) is 6.86. The highest BCUT2D eigenvalue weighted by Gasteiger charge is 2.23. The zero-order valence-electron chi connectivity index (χ0n) is 12.9. The number of carbonyl (C=O) groups is 1. The van der Waals surface area contributed by atoms with Gasteiger partial charge < -0.3 is 0 Å². The van der Waals surface area contributed by atoms with E-state index in [1.807, 2.05) is 0 Å². The maximum Gasteiger partial charge on any atom is 0.390 e. The van der Waals surface area contributed by atoms with Crippen molar-refractivity contribution in [3.63, 3.8) is 0 Å². The molecule has 0 atom stereocenters. The number of carbonyl (C=O) groups excluding carboxylic acids is 1. The molecule has 126 valence electrons. The molecule has 10 heteroatoms. The van der Waals surface area contributed by atoms with Crippen molar-refractivity contribution in [3.05, 3.63) is 57.1 Å². The van der Waals surface area contributed by atoms with Crippen molar-refractivity contribution in [1.29, 1.82) is 0 Å². The highest BCUT2D eigenvalue weighted by atomic mass is 19.1. The average molecular weight is 336 g/mol. The van der Waals surface area contributed by atoms with Gasteiger partial charge in [-0.05, 0) is 26.0 Å². The van der Waals surface area contributed by atoms with E-state index in [1.165, 1.54) is 36.7 Å². The first-order chi connectivity index (χ1) is 11.3. The van der Waals surface area contributed by atoms with E-state index in [9.17, 15) is 19.3 Å². The molecule has 2 rings (SSSR count). The molecule has 3 N–H and O–H groups in total. The molecule has 0 saturated heterocycles. The first kappa shape index (κ1) is 17.1. The van der Waals surface area contributed by atoms with E-state index in [1.54, 1.807) is 0 Å². The van der Waals surface area contributed by atoms with Gasteiger partial charge in [0.05, 0.1) is 4.92 Å². The van der Waals surface area contributed by atoms with Crippen molar-refractivity contribution in [3.8, 4) is 0 Å². The molecule has 0 spiro atoms. The second-order valence-electron chi connectivity index (χ2n) is 4.93. The van der Waals surface area contributed by atoms with Crippen LogP contribution in [0.15, 0.2) is 24.3 Å². The minimum absolute atomic E-state index is 0.0276. The minimum atomic E-state index is -0.949. The van der Waals surface area contributed by atoms with Crippen LogP contribution in [0.4, 0.5) is 10.1 Å². The third-order valence-corrected chi connectivity index (χ3v) is 3.21. The predicted octanol–water partition coefficient (Wildman–Crippen LogP) is -0.243. The van der Waals surface area contributed by atoms with Gasteiger partial charge in [0.15, 0.2) is 0 Å². The number of nitro groups is 1. The van der Waals surface area contributed by atoms with E-state index in [-0.39, 0.29) is 29.3 Å². The molecule has 0 amide bonds. The van der Waals surface area contributed by atoms with E-state index >= 15 is 0 Å². The van der Waals surface area contributed by atoms with Crippen LogP contribution in [0.25, 0.3) is 0 Å². The Balaban J connectivity index is 2.10. The Morgan fingerprint density at radius 1 is 1.46 bits per heavy atom. The summed E-state index contributed by atoms with van der Waals surface area (Å²) in [6.07, 6.45) is 0. The highest BCUT2D eigenvalue weighted by molar-refractivity contribution is 5.89. The normalized spacial score (nSPS) is 11.4. The number of aromatic nitrogens is 2. The van der Waals surface area contributed by atoms with E-state index < -0.39 is 16.7 Å². The molecule has 0 fully saturated rings. The lowest BCUT2D eigenvalue weighted by Crippen LogP contribution is -2.76. The molecule has 0 aliphatic heterocycles. The third kappa shape index (κ3) is 3.54. The second-order valence-corrected chi connectivity index (χ2v) is 4.93. The number of hydrogen-bond donors (Lipinski definition) is 2. The molecule has 1 heterocycles. The van der Waals surface area contributed by atoms with Gasteiger partial charge in [0, 0.05) is 0 Å². The summed E-state index contributed by atoms with van der Waals surface area (Å²) in [6, 6.07) is 5.32. The van der Waals surface area contributed by atoms with Gasteiger partial charge >= 0.3 is 17.5 Å². The van der Waals surface area contributed by atoms with Crippen LogP contribution in [-0.4, -0.2) is 26.5 Å². The summed E-state index contributed by atoms with van der Waals surface area (Å²) in [6.45, 7) is 2.96. The summed E-state index contributed by atoms with van der Waals surface area (Å²) < 4.78 is 14.7. The third-order valence-electron chi connectivity index (χ3n) is 3.21. The van der Waals surface area contributed by atoms with E-state index in [0.29, 0.717) is 5.69 Å². The van der Waals surface area contributed by atoms with Crippen molar-refractivity contribution in [2.75, 3.05) is 0 Å². The fourth-order valence-corrected chi connectivity index (χ4v) is 2.09. The number of nitrogens with one attached hydrogen (secondary N) is 1. The zero-order valence-corrected chi connectivity index (χ0v) is 12.9. The van der Waals surface area contributed by atoms with Crippen LogP contribution in [-0.2, 0) is 11.4 Å². The minimum Gasteiger partial charge on any atom is -0.287 e. The topological polar surface area (TPSA) is 127 Å². The maximum atomic E-state index is 13.4. The standard InChI is InChI=1S/C14H14FN5O4/c1-8-13(20(22)23)9(2)19(17-8)7-12(16)18-24-14(21)10-5-3-4-6-11(10)15/h3-6H,7H2,1-2H3,(H2,16,18)/p+1. The van der Waals surface area contributed by atoms with Crippen molar-refractivity contribution < 1.29 is 24.1 Å². The summed E-state index contributed by atoms with van der Waals surface area (Å²) >= 11 is 0. The number of amidine groups is 1. The smallest absolute Gasteiger partial charge is 0.287 e. The van der Waals surface area contributed by atoms with Gasteiger partial charge in [-0.15, -0.1) is 0 Å². The Hall–Kier alpha value is -3.30. The first-order valence-corrected chi connectivity index (χ1v) is 6.82. The molecule has 9 nitrogen and oxygen atoms in total. The highest BCUT2D eigenvalue weighted by Crippen LogP contribution is 2.21. The molecule has 1 aromatic carbocycles. The molecule has 1 aromatic heterocycles. The molecule has 24 heavy (non-hydrogen) atoms. The van der Waals surface area contributed by atoms with E-state index in [2.05, 4.69) is 10.3 Å². The van der Waals surface area contributed by atoms with Crippen LogP contribution < -0.4 is 10.9 Å². The molecule has 2 aromatic rings. The molecule has 0 bridgehead atoms. The van der Waals surface area contributed by atoms with Crippen LogP contribution in [0.2, 0.25) is 0 Å². The SMILES string of the molecule is Cc1nn(CC(N)=[NH+]OC(=O)c2ccccc2F)c(C)c1[N+](=O)[O-]. The van der Waals surface area contributed by atoms with Crippen molar-refractivity contribution in [2.45, 2.75) is 20.4 Å². The molecule has 0 aliphatic rings.